The molecule has 1 aromatic heterocycles. The van der Waals surface area contributed by atoms with Gasteiger partial charge < -0.3 is 10.6 Å². The molecule has 1 atom stereocenters. The predicted octanol–water partition coefficient (Wildman–Crippen LogP) is 1.95. The standard InChI is InChI=1S/C19H23ClN4O/c20-17-3-1-2-16(12-17)13-18(21)19(25)24-10-8-23(9-11-24)14-15-4-6-22-7-5-15/h1-7,12,18H,8-11,13-14,21H2. The van der Waals surface area contributed by atoms with Gasteiger partial charge in [0, 0.05) is 50.1 Å². The van der Waals surface area contributed by atoms with E-state index in [1.54, 1.807) is 0 Å². The second-order valence-corrected chi connectivity index (χ2v) is 6.83. The maximum Gasteiger partial charge on any atom is 0.239 e. The van der Waals surface area contributed by atoms with E-state index in [1.807, 2.05) is 53.7 Å². The molecule has 2 N–H and O–H groups in total. The second-order valence-electron chi connectivity index (χ2n) is 6.40. The predicted molar refractivity (Wildman–Crippen MR) is 99.2 cm³/mol. The lowest BCUT2D eigenvalue weighted by Crippen LogP contribution is -2.53. The Hall–Kier alpha value is -1.95. The lowest BCUT2D eigenvalue weighted by Gasteiger charge is -2.36. The summed E-state index contributed by atoms with van der Waals surface area (Å²) in [5.74, 6) is 0.0172. The highest BCUT2D eigenvalue weighted by Crippen LogP contribution is 2.14. The van der Waals surface area contributed by atoms with Crippen molar-refractivity contribution >= 4 is 17.5 Å². The third-order valence-electron chi connectivity index (χ3n) is 4.50. The van der Waals surface area contributed by atoms with Crippen molar-refractivity contribution in [2.75, 3.05) is 26.2 Å². The van der Waals surface area contributed by atoms with E-state index in [9.17, 15) is 4.79 Å². The highest BCUT2D eigenvalue weighted by Gasteiger charge is 2.25. The Morgan fingerprint density at radius 1 is 1.12 bits per heavy atom. The molecule has 3 rings (SSSR count). The van der Waals surface area contributed by atoms with Gasteiger partial charge in [-0.1, -0.05) is 23.7 Å². The highest BCUT2D eigenvalue weighted by molar-refractivity contribution is 6.30. The third-order valence-corrected chi connectivity index (χ3v) is 4.74. The molecule has 25 heavy (non-hydrogen) atoms. The van der Waals surface area contributed by atoms with Gasteiger partial charge in [0.05, 0.1) is 6.04 Å². The molecule has 2 aromatic rings. The number of amides is 1. The van der Waals surface area contributed by atoms with Crippen molar-refractivity contribution in [2.45, 2.75) is 19.0 Å². The van der Waals surface area contributed by atoms with Crippen LogP contribution >= 0.6 is 11.6 Å². The first kappa shape index (κ1) is 17.9. The lowest BCUT2D eigenvalue weighted by molar-refractivity contribution is -0.134. The fourth-order valence-corrected chi connectivity index (χ4v) is 3.33. The number of nitrogens with zero attached hydrogens (tertiary/aromatic N) is 3. The smallest absolute Gasteiger partial charge is 0.239 e. The SMILES string of the molecule is NC(Cc1cccc(Cl)c1)C(=O)N1CCN(Cc2ccncc2)CC1. The first-order valence-corrected chi connectivity index (χ1v) is 8.89. The van der Waals surface area contributed by atoms with E-state index in [0.717, 1.165) is 25.2 Å². The topological polar surface area (TPSA) is 62.5 Å². The number of carbonyl (C=O) groups is 1. The first-order chi connectivity index (χ1) is 12.1. The van der Waals surface area contributed by atoms with E-state index >= 15 is 0 Å². The molecule has 5 nitrogen and oxygen atoms in total. The highest BCUT2D eigenvalue weighted by atomic mass is 35.5. The van der Waals surface area contributed by atoms with Gasteiger partial charge in [0.15, 0.2) is 0 Å². The number of nitrogens with two attached hydrogens (primary N) is 1. The molecule has 1 unspecified atom stereocenters. The molecule has 0 spiro atoms. The summed E-state index contributed by atoms with van der Waals surface area (Å²) in [4.78, 5) is 20.9. The van der Waals surface area contributed by atoms with Gasteiger partial charge in [0.25, 0.3) is 0 Å². The minimum atomic E-state index is -0.523. The number of piperazine rings is 1. The van der Waals surface area contributed by atoms with Crippen molar-refractivity contribution < 1.29 is 4.79 Å². The van der Waals surface area contributed by atoms with Gasteiger partial charge in [-0.25, -0.2) is 0 Å². The summed E-state index contributed by atoms with van der Waals surface area (Å²) < 4.78 is 0. The van der Waals surface area contributed by atoms with Crippen LogP contribution in [0.25, 0.3) is 0 Å². The summed E-state index contributed by atoms with van der Waals surface area (Å²) >= 11 is 5.99. The van der Waals surface area contributed by atoms with E-state index < -0.39 is 6.04 Å². The number of pyridine rings is 1. The molecule has 1 aromatic carbocycles. The summed E-state index contributed by atoms with van der Waals surface area (Å²) in [5.41, 5.74) is 8.37. The van der Waals surface area contributed by atoms with Gasteiger partial charge >= 0.3 is 0 Å². The minimum Gasteiger partial charge on any atom is -0.339 e. The fraction of sp³-hybridized carbons (Fsp3) is 0.368. The largest absolute Gasteiger partial charge is 0.339 e. The number of carbonyl (C=O) groups excluding carboxylic acids is 1. The van der Waals surface area contributed by atoms with Crippen LogP contribution in [0.15, 0.2) is 48.8 Å². The molecule has 0 saturated carbocycles. The fourth-order valence-electron chi connectivity index (χ4n) is 3.11. The number of rotatable bonds is 5. The molecule has 132 valence electrons. The number of hydrogen-bond donors (Lipinski definition) is 1. The van der Waals surface area contributed by atoms with Gasteiger partial charge in [-0.2, -0.15) is 0 Å². The zero-order valence-corrected chi connectivity index (χ0v) is 14.9. The Bertz CT molecular complexity index is 702. The number of hydrogen-bond acceptors (Lipinski definition) is 4. The molecule has 1 aliphatic rings. The quantitative estimate of drug-likeness (QED) is 0.887. The van der Waals surface area contributed by atoms with Gasteiger partial charge in [-0.3, -0.25) is 14.7 Å². The van der Waals surface area contributed by atoms with Crippen LogP contribution < -0.4 is 5.73 Å². The zero-order chi connectivity index (χ0) is 17.6. The van der Waals surface area contributed by atoms with Gasteiger partial charge in [0.2, 0.25) is 5.91 Å². The lowest BCUT2D eigenvalue weighted by atomic mass is 10.1. The minimum absolute atomic E-state index is 0.0172. The Balaban J connectivity index is 1.49. The molecule has 2 heterocycles. The van der Waals surface area contributed by atoms with E-state index in [2.05, 4.69) is 9.88 Å². The Morgan fingerprint density at radius 2 is 1.84 bits per heavy atom. The molecular formula is C19H23ClN4O. The molecule has 0 aliphatic carbocycles. The summed E-state index contributed by atoms with van der Waals surface area (Å²) in [6, 6.07) is 11.0. The number of benzene rings is 1. The van der Waals surface area contributed by atoms with E-state index in [0.29, 0.717) is 24.5 Å². The van der Waals surface area contributed by atoms with Crippen molar-refractivity contribution in [2.24, 2.45) is 5.73 Å². The van der Waals surface area contributed by atoms with E-state index in [-0.39, 0.29) is 5.91 Å². The average Bonchev–Trinajstić information content (AvgIpc) is 2.62. The maximum atomic E-state index is 12.6. The van der Waals surface area contributed by atoms with Crippen LogP contribution in [-0.4, -0.2) is 52.9 Å². The Labute approximate surface area is 153 Å². The monoisotopic (exact) mass is 358 g/mol. The molecule has 0 radical (unpaired) electrons. The van der Waals surface area contributed by atoms with Crippen molar-refractivity contribution in [1.82, 2.24) is 14.8 Å². The van der Waals surface area contributed by atoms with Crippen LogP contribution in [0.5, 0.6) is 0 Å². The molecule has 0 bridgehead atoms. The molecule has 1 amide bonds. The Morgan fingerprint density at radius 3 is 2.52 bits per heavy atom. The summed E-state index contributed by atoms with van der Waals surface area (Å²) in [7, 11) is 0. The average molecular weight is 359 g/mol. The van der Waals surface area contributed by atoms with Crippen LogP contribution in [0.2, 0.25) is 5.02 Å². The zero-order valence-electron chi connectivity index (χ0n) is 14.1. The van der Waals surface area contributed by atoms with Crippen LogP contribution in [0.4, 0.5) is 0 Å². The van der Waals surface area contributed by atoms with E-state index in [1.165, 1.54) is 5.56 Å². The molecular weight excluding hydrogens is 336 g/mol. The van der Waals surface area contributed by atoms with Crippen molar-refractivity contribution in [3.05, 3.63) is 64.9 Å². The molecule has 1 aliphatic heterocycles. The van der Waals surface area contributed by atoms with Gasteiger partial charge in [0.1, 0.15) is 0 Å². The first-order valence-electron chi connectivity index (χ1n) is 8.52. The summed E-state index contributed by atoms with van der Waals surface area (Å²) in [6.07, 6.45) is 4.13. The normalized spacial score (nSPS) is 16.6. The molecule has 1 fully saturated rings. The summed E-state index contributed by atoms with van der Waals surface area (Å²) in [6.45, 7) is 4.04. The van der Waals surface area contributed by atoms with Gasteiger partial charge in [-0.05, 0) is 41.8 Å². The van der Waals surface area contributed by atoms with Gasteiger partial charge in [-0.15, -0.1) is 0 Å². The van der Waals surface area contributed by atoms with Crippen LogP contribution in [0, 0.1) is 0 Å². The molecule has 6 heteroatoms. The third kappa shape index (κ3) is 5.01. The van der Waals surface area contributed by atoms with E-state index in [4.69, 9.17) is 17.3 Å². The van der Waals surface area contributed by atoms with Crippen molar-refractivity contribution in [1.29, 1.82) is 0 Å². The number of halogens is 1. The Kier molecular flexibility index (Phi) is 6.02. The van der Waals surface area contributed by atoms with Crippen molar-refractivity contribution in [3.63, 3.8) is 0 Å². The molecule has 1 saturated heterocycles. The van der Waals surface area contributed by atoms with Crippen molar-refractivity contribution in [3.8, 4) is 0 Å². The second kappa shape index (κ2) is 8.43. The van der Waals surface area contributed by atoms with Crippen LogP contribution in [0.1, 0.15) is 11.1 Å². The van der Waals surface area contributed by atoms with Crippen LogP contribution in [-0.2, 0) is 17.8 Å². The van der Waals surface area contributed by atoms with Crippen LogP contribution in [0.3, 0.4) is 0 Å². The maximum absolute atomic E-state index is 12.6. The summed E-state index contributed by atoms with van der Waals surface area (Å²) in [5, 5.41) is 0.668. The number of aromatic nitrogens is 1.